The van der Waals surface area contributed by atoms with Crippen LogP contribution in [0.15, 0.2) is 18.2 Å². The molecule has 1 aliphatic rings. The summed E-state index contributed by atoms with van der Waals surface area (Å²) in [5.74, 6) is -0.0255. The molecule has 0 spiro atoms. The smallest absolute Gasteiger partial charge is 0.253 e. The van der Waals surface area contributed by atoms with Gasteiger partial charge in [-0.05, 0) is 31.0 Å². The predicted octanol–water partition coefficient (Wildman–Crippen LogP) is 4.22. The van der Waals surface area contributed by atoms with Crippen LogP contribution >= 0.6 is 11.6 Å². The van der Waals surface area contributed by atoms with Gasteiger partial charge in [-0.2, -0.15) is 0 Å². The Balaban J connectivity index is 2.04. The summed E-state index contributed by atoms with van der Waals surface area (Å²) in [4.78, 5) is 12.4. The number of rotatable bonds is 3. The summed E-state index contributed by atoms with van der Waals surface area (Å²) in [6.07, 6.45) is 8.48. The molecule has 1 fully saturated rings. The quantitative estimate of drug-likeness (QED) is 0.876. The van der Waals surface area contributed by atoms with Crippen LogP contribution in [0.5, 0.6) is 0 Å². The number of halogens is 1. The van der Waals surface area contributed by atoms with Crippen molar-refractivity contribution in [2.24, 2.45) is 0 Å². The van der Waals surface area contributed by atoms with E-state index in [1.54, 1.807) is 12.1 Å². The number of anilines is 1. The van der Waals surface area contributed by atoms with Crippen molar-refractivity contribution in [2.75, 3.05) is 12.4 Å². The maximum Gasteiger partial charge on any atom is 0.253 e. The molecule has 0 aliphatic heterocycles. The molecule has 110 valence electrons. The zero-order chi connectivity index (χ0) is 14.4. The molecule has 0 aromatic heterocycles. The van der Waals surface area contributed by atoms with E-state index in [1.165, 1.54) is 32.1 Å². The molecule has 2 N–H and O–H groups in total. The first-order chi connectivity index (χ1) is 9.70. The van der Waals surface area contributed by atoms with E-state index >= 15 is 0 Å². The molecule has 0 radical (unpaired) electrons. The highest BCUT2D eigenvalue weighted by Gasteiger charge is 2.17. The van der Waals surface area contributed by atoms with E-state index < -0.39 is 0 Å². The van der Waals surface area contributed by atoms with Crippen molar-refractivity contribution in [3.63, 3.8) is 0 Å². The summed E-state index contributed by atoms with van der Waals surface area (Å²) in [6.45, 7) is 0. The molecule has 1 aromatic rings. The lowest BCUT2D eigenvalue weighted by atomic mass is 9.96. The Morgan fingerprint density at radius 2 is 1.80 bits per heavy atom. The van der Waals surface area contributed by atoms with Gasteiger partial charge in [-0.3, -0.25) is 4.79 Å². The first kappa shape index (κ1) is 15.2. The average Bonchev–Trinajstić information content (AvgIpc) is 2.41. The van der Waals surface area contributed by atoms with Gasteiger partial charge >= 0.3 is 0 Å². The Morgan fingerprint density at radius 1 is 1.15 bits per heavy atom. The van der Waals surface area contributed by atoms with E-state index in [0.717, 1.165) is 18.5 Å². The van der Waals surface area contributed by atoms with Crippen LogP contribution in [0.2, 0.25) is 5.02 Å². The summed E-state index contributed by atoms with van der Waals surface area (Å²) in [7, 11) is 1.82. The highest BCUT2D eigenvalue weighted by Crippen LogP contribution is 2.22. The summed E-state index contributed by atoms with van der Waals surface area (Å²) in [5.41, 5.74) is 1.44. The molecule has 20 heavy (non-hydrogen) atoms. The third-order valence-electron chi connectivity index (χ3n) is 3.94. The van der Waals surface area contributed by atoms with Crippen molar-refractivity contribution in [2.45, 2.75) is 51.0 Å². The standard InChI is InChI=1S/C16H23ClN2O/c1-18-15-10-9-12(17)11-14(15)16(20)19-13-7-5-3-2-4-6-8-13/h9-11,13,18H,2-8H2,1H3,(H,19,20). The topological polar surface area (TPSA) is 41.1 Å². The van der Waals surface area contributed by atoms with Crippen molar-refractivity contribution in [1.82, 2.24) is 5.32 Å². The van der Waals surface area contributed by atoms with Crippen LogP contribution in [0.1, 0.15) is 55.3 Å². The number of benzene rings is 1. The first-order valence-corrected chi connectivity index (χ1v) is 7.86. The van der Waals surface area contributed by atoms with E-state index in [-0.39, 0.29) is 5.91 Å². The Labute approximate surface area is 126 Å². The van der Waals surface area contributed by atoms with Crippen LogP contribution < -0.4 is 10.6 Å². The van der Waals surface area contributed by atoms with Crippen LogP contribution in [-0.2, 0) is 0 Å². The van der Waals surface area contributed by atoms with E-state index in [4.69, 9.17) is 11.6 Å². The molecule has 1 saturated carbocycles. The largest absolute Gasteiger partial charge is 0.387 e. The first-order valence-electron chi connectivity index (χ1n) is 7.49. The minimum atomic E-state index is -0.0255. The minimum Gasteiger partial charge on any atom is -0.387 e. The molecular weight excluding hydrogens is 272 g/mol. The third kappa shape index (κ3) is 4.14. The lowest BCUT2D eigenvalue weighted by molar-refractivity contribution is 0.0931. The second-order valence-corrected chi connectivity index (χ2v) is 5.89. The molecule has 1 aromatic carbocycles. The van der Waals surface area contributed by atoms with E-state index in [2.05, 4.69) is 10.6 Å². The van der Waals surface area contributed by atoms with Crippen molar-refractivity contribution in [1.29, 1.82) is 0 Å². The maximum atomic E-state index is 12.4. The highest BCUT2D eigenvalue weighted by molar-refractivity contribution is 6.31. The van der Waals surface area contributed by atoms with Gasteiger partial charge in [-0.25, -0.2) is 0 Å². The molecular formula is C16H23ClN2O. The summed E-state index contributed by atoms with van der Waals surface area (Å²) >= 11 is 6.00. The lowest BCUT2D eigenvalue weighted by Crippen LogP contribution is -2.35. The summed E-state index contributed by atoms with van der Waals surface area (Å²) in [5, 5.41) is 6.80. The number of amides is 1. The molecule has 0 saturated heterocycles. The Morgan fingerprint density at radius 3 is 2.45 bits per heavy atom. The van der Waals surface area contributed by atoms with Crippen LogP contribution in [-0.4, -0.2) is 19.0 Å². The molecule has 1 amide bonds. The zero-order valence-corrected chi connectivity index (χ0v) is 12.8. The molecule has 4 heteroatoms. The van der Waals surface area contributed by atoms with E-state index in [0.29, 0.717) is 16.6 Å². The van der Waals surface area contributed by atoms with Gasteiger partial charge in [0.05, 0.1) is 5.56 Å². The second kappa shape index (κ2) is 7.53. The van der Waals surface area contributed by atoms with Crippen molar-refractivity contribution < 1.29 is 4.79 Å². The van der Waals surface area contributed by atoms with Gasteiger partial charge < -0.3 is 10.6 Å². The molecule has 1 aliphatic carbocycles. The normalized spacial score (nSPS) is 17.1. The fraction of sp³-hybridized carbons (Fsp3) is 0.562. The van der Waals surface area contributed by atoms with Crippen molar-refractivity contribution >= 4 is 23.2 Å². The molecule has 0 atom stereocenters. The van der Waals surface area contributed by atoms with Crippen molar-refractivity contribution in [3.8, 4) is 0 Å². The van der Waals surface area contributed by atoms with Crippen LogP contribution in [0, 0.1) is 0 Å². The van der Waals surface area contributed by atoms with Crippen molar-refractivity contribution in [3.05, 3.63) is 28.8 Å². The minimum absolute atomic E-state index is 0.0255. The summed E-state index contributed by atoms with van der Waals surface area (Å²) < 4.78 is 0. The van der Waals surface area contributed by atoms with Crippen LogP contribution in [0.4, 0.5) is 5.69 Å². The van der Waals surface area contributed by atoms with Gasteiger partial charge in [0.15, 0.2) is 0 Å². The van der Waals surface area contributed by atoms with Gasteiger partial charge in [0.25, 0.3) is 5.91 Å². The molecule has 0 unspecified atom stereocenters. The molecule has 3 nitrogen and oxygen atoms in total. The Kier molecular flexibility index (Phi) is 5.72. The fourth-order valence-electron chi connectivity index (χ4n) is 2.79. The SMILES string of the molecule is CNc1ccc(Cl)cc1C(=O)NC1CCCCCCC1. The van der Waals surface area contributed by atoms with Gasteiger partial charge in [0.1, 0.15) is 0 Å². The second-order valence-electron chi connectivity index (χ2n) is 5.46. The molecule has 0 heterocycles. The number of hydrogen-bond acceptors (Lipinski definition) is 2. The monoisotopic (exact) mass is 294 g/mol. The van der Waals surface area contributed by atoms with E-state index in [9.17, 15) is 4.79 Å². The number of nitrogens with one attached hydrogen (secondary N) is 2. The lowest BCUT2D eigenvalue weighted by Gasteiger charge is -2.21. The summed E-state index contributed by atoms with van der Waals surface area (Å²) in [6, 6.07) is 5.66. The van der Waals surface area contributed by atoms with Crippen LogP contribution in [0.25, 0.3) is 0 Å². The third-order valence-corrected chi connectivity index (χ3v) is 4.17. The van der Waals surface area contributed by atoms with Gasteiger partial charge in [0, 0.05) is 23.8 Å². The molecule has 2 rings (SSSR count). The van der Waals surface area contributed by atoms with Crippen LogP contribution in [0.3, 0.4) is 0 Å². The van der Waals surface area contributed by atoms with E-state index in [1.807, 2.05) is 13.1 Å². The number of carbonyl (C=O) groups is 1. The fourth-order valence-corrected chi connectivity index (χ4v) is 2.96. The Hall–Kier alpha value is -1.22. The van der Waals surface area contributed by atoms with Gasteiger partial charge in [0.2, 0.25) is 0 Å². The highest BCUT2D eigenvalue weighted by atomic mass is 35.5. The predicted molar refractivity (Wildman–Crippen MR) is 84.6 cm³/mol. The van der Waals surface area contributed by atoms with Gasteiger partial charge in [-0.15, -0.1) is 0 Å². The van der Waals surface area contributed by atoms with Gasteiger partial charge in [-0.1, -0.05) is 43.7 Å². The zero-order valence-electron chi connectivity index (χ0n) is 12.0. The number of hydrogen-bond donors (Lipinski definition) is 2. The number of carbonyl (C=O) groups excluding carboxylic acids is 1. The molecule has 0 bridgehead atoms. The Bertz CT molecular complexity index is 454. The maximum absolute atomic E-state index is 12.4. The average molecular weight is 295 g/mol.